The topological polar surface area (TPSA) is 38.5 Å². The van der Waals surface area contributed by atoms with Crippen LogP contribution in [0.3, 0.4) is 0 Å². The number of nitrogens with zero attached hydrogens (tertiary/aromatic N) is 1. The van der Waals surface area contributed by atoms with Crippen LogP contribution in [0.15, 0.2) is 16.6 Å². The number of nitrogens with two attached hydrogens (primary N) is 1. The lowest BCUT2D eigenvalue weighted by atomic mass is 9.99. The van der Waals surface area contributed by atoms with Crippen molar-refractivity contribution < 1.29 is 13.5 Å². The highest BCUT2D eigenvalue weighted by molar-refractivity contribution is 9.10. The normalized spacial score (nSPS) is 28.4. The summed E-state index contributed by atoms with van der Waals surface area (Å²) in [5.74, 6) is -1.25. The Hall–Kier alpha value is -0.560. The van der Waals surface area contributed by atoms with Crippen molar-refractivity contribution in [3.8, 4) is 0 Å². The van der Waals surface area contributed by atoms with E-state index in [1.807, 2.05) is 0 Å². The molecule has 2 aliphatic rings. The van der Waals surface area contributed by atoms with Gasteiger partial charge in [0.15, 0.2) is 0 Å². The molecule has 0 aromatic heterocycles. The van der Waals surface area contributed by atoms with E-state index < -0.39 is 17.7 Å². The number of morpholine rings is 1. The molecule has 0 radical (unpaired) electrons. The predicted octanol–water partition coefficient (Wildman–Crippen LogP) is 2.59. The van der Waals surface area contributed by atoms with Crippen LogP contribution in [0, 0.1) is 11.6 Å². The van der Waals surface area contributed by atoms with Crippen LogP contribution >= 0.6 is 15.9 Å². The Labute approximate surface area is 125 Å². The molecule has 20 heavy (non-hydrogen) atoms. The summed E-state index contributed by atoms with van der Waals surface area (Å²) < 4.78 is 34.0. The van der Waals surface area contributed by atoms with E-state index in [0.717, 1.165) is 19.4 Å². The Bertz CT molecular complexity index is 514. The van der Waals surface area contributed by atoms with Gasteiger partial charge in [-0.3, -0.25) is 4.90 Å². The van der Waals surface area contributed by atoms with E-state index in [-0.39, 0.29) is 16.1 Å². The maximum Gasteiger partial charge on any atom is 0.145 e. The van der Waals surface area contributed by atoms with Crippen molar-refractivity contribution in [1.82, 2.24) is 4.90 Å². The highest BCUT2D eigenvalue weighted by Gasteiger charge is 2.36. The fourth-order valence-electron chi connectivity index (χ4n) is 3.09. The van der Waals surface area contributed by atoms with Gasteiger partial charge in [0, 0.05) is 18.2 Å². The highest BCUT2D eigenvalue weighted by atomic mass is 79.9. The molecule has 2 N–H and O–H groups in total. The van der Waals surface area contributed by atoms with Crippen molar-refractivity contribution in [2.24, 2.45) is 5.73 Å². The van der Waals surface area contributed by atoms with Crippen LogP contribution in [-0.4, -0.2) is 36.7 Å². The minimum Gasteiger partial charge on any atom is -0.373 e. The second kappa shape index (κ2) is 5.67. The van der Waals surface area contributed by atoms with E-state index in [1.165, 1.54) is 12.1 Å². The number of rotatable bonds is 2. The van der Waals surface area contributed by atoms with Crippen molar-refractivity contribution >= 4 is 15.9 Å². The van der Waals surface area contributed by atoms with Crippen LogP contribution in [0.4, 0.5) is 8.78 Å². The van der Waals surface area contributed by atoms with Crippen molar-refractivity contribution in [2.75, 3.05) is 19.7 Å². The number of halogens is 3. The first-order valence-corrected chi connectivity index (χ1v) is 7.62. The zero-order chi connectivity index (χ0) is 14.3. The van der Waals surface area contributed by atoms with Crippen molar-refractivity contribution in [3.63, 3.8) is 0 Å². The average molecular weight is 347 g/mol. The molecule has 3 rings (SSSR count). The van der Waals surface area contributed by atoms with Crippen LogP contribution in [0.2, 0.25) is 0 Å². The molecule has 0 spiro atoms. The van der Waals surface area contributed by atoms with Gasteiger partial charge in [0.1, 0.15) is 11.6 Å². The first kappa shape index (κ1) is 14.4. The smallest absolute Gasteiger partial charge is 0.145 e. The summed E-state index contributed by atoms with van der Waals surface area (Å²) in [6.07, 6.45) is 1.90. The van der Waals surface area contributed by atoms with Crippen molar-refractivity contribution in [1.29, 1.82) is 0 Å². The third-order valence-electron chi connectivity index (χ3n) is 4.23. The average Bonchev–Trinajstić information content (AvgIpc) is 2.90. The first-order chi connectivity index (χ1) is 9.58. The molecule has 0 aliphatic carbocycles. The van der Waals surface area contributed by atoms with Gasteiger partial charge in [0.25, 0.3) is 0 Å². The molecule has 1 aromatic carbocycles. The van der Waals surface area contributed by atoms with Crippen LogP contribution in [-0.2, 0) is 4.74 Å². The molecule has 6 heteroatoms. The first-order valence-electron chi connectivity index (χ1n) is 6.82. The molecule has 3 nitrogen and oxygen atoms in total. The zero-order valence-corrected chi connectivity index (χ0v) is 12.6. The second-order valence-electron chi connectivity index (χ2n) is 5.45. The Balaban J connectivity index is 1.82. The summed E-state index contributed by atoms with van der Waals surface area (Å²) in [6, 6.07) is 2.22. The van der Waals surface area contributed by atoms with E-state index in [4.69, 9.17) is 10.5 Å². The molecular weight excluding hydrogens is 330 g/mol. The van der Waals surface area contributed by atoms with E-state index in [0.29, 0.717) is 19.2 Å². The Morgan fingerprint density at radius 2 is 2.20 bits per heavy atom. The number of ether oxygens (including phenoxy) is 1. The maximum atomic E-state index is 14.1. The van der Waals surface area contributed by atoms with Crippen LogP contribution < -0.4 is 5.73 Å². The quantitative estimate of drug-likeness (QED) is 0.836. The fourth-order valence-corrected chi connectivity index (χ4v) is 3.44. The number of benzene rings is 1. The monoisotopic (exact) mass is 346 g/mol. The summed E-state index contributed by atoms with van der Waals surface area (Å²) in [4.78, 5) is 2.31. The molecule has 3 unspecified atom stereocenters. The van der Waals surface area contributed by atoms with E-state index in [1.54, 1.807) is 0 Å². The van der Waals surface area contributed by atoms with Crippen molar-refractivity contribution in [2.45, 2.75) is 31.0 Å². The molecule has 2 heterocycles. The summed E-state index contributed by atoms with van der Waals surface area (Å²) in [6.45, 7) is 2.24. The van der Waals surface area contributed by atoms with Gasteiger partial charge in [-0.05, 0) is 47.4 Å². The van der Waals surface area contributed by atoms with Gasteiger partial charge in [-0.2, -0.15) is 0 Å². The summed E-state index contributed by atoms with van der Waals surface area (Å²) in [7, 11) is 0. The van der Waals surface area contributed by atoms with Gasteiger partial charge in [-0.15, -0.1) is 0 Å². The van der Waals surface area contributed by atoms with Gasteiger partial charge in [0.2, 0.25) is 0 Å². The molecule has 3 atom stereocenters. The largest absolute Gasteiger partial charge is 0.373 e. The van der Waals surface area contributed by atoms with Crippen LogP contribution in [0.1, 0.15) is 24.4 Å². The lowest BCUT2D eigenvalue weighted by Gasteiger charge is -2.38. The van der Waals surface area contributed by atoms with Crippen LogP contribution in [0.5, 0.6) is 0 Å². The number of fused-ring (bicyclic) bond motifs is 1. The van der Waals surface area contributed by atoms with Gasteiger partial charge in [0.05, 0.1) is 23.2 Å². The molecule has 2 saturated heterocycles. The van der Waals surface area contributed by atoms with Crippen molar-refractivity contribution in [3.05, 3.63) is 33.8 Å². The maximum absolute atomic E-state index is 14.1. The Morgan fingerprint density at radius 1 is 1.40 bits per heavy atom. The van der Waals surface area contributed by atoms with E-state index >= 15 is 0 Å². The molecule has 2 aliphatic heterocycles. The lowest BCUT2D eigenvalue weighted by Crippen LogP contribution is -2.50. The standard InChI is InChI=1S/C14H17BrF2N2O/c15-9-3-4-10(16)12(13(9)17)14(18)11-6-19-5-1-2-8(19)7-20-11/h3-4,8,11,14H,1-2,5-7,18H2. The summed E-state index contributed by atoms with van der Waals surface area (Å²) in [5.41, 5.74) is 5.98. The summed E-state index contributed by atoms with van der Waals surface area (Å²) >= 11 is 3.07. The van der Waals surface area contributed by atoms with Gasteiger partial charge in [-0.25, -0.2) is 8.78 Å². The molecule has 0 saturated carbocycles. The second-order valence-corrected chi connectivity index (χ2v) is 6.30. The third-order valence-corrected chi connectivity index (χ3v) is 4.84. The molecular formula is C14H17BrF2N2O. The van der Waals surface area contributed by atoms with Gasteiger partial charge in [-0.1, -0.05) is 0 Å². The zero-order valence-electron chi connectivity index (χ0n) is 11.0. The predicted molar refractivity (Wildman–Crippen MR) is 75.3 cm³/mol. The SMILES string of the molecule is NC(c1c(F)ccc(Br)c1F)C1CN2CCCC2CO1. The third kappa shape index (κ3) is 2.50. The van der Waals surface area contributed by atoms with E-state index in [9.17, 15) is 8.78 Å². The minimum atomic E-state index is -0.797. The molecule has 0 bridgehead atoms. The lowest BCUT2D eigenvalue weighted by molar-refractivity contribution is -0.0605. The van der Waals surface area contributed by atoms with Gasteiger partial charge < -0.3 is 10.5 Å². The molecule has 0 amide bonds. The molecule has 2 fully saturated rings. The fraction of sp³-hybridized carbons (Fsp3) is 0.571. The Kier molecular flexibility index (Phi) is 4.08. The number of hydrogen-bond donors (Lipinski definition) is 1. The minimum absolute atomic E-state index is 0.0954. The van der Waals surface area contributed by atoms with E-state index in [2.05, 4.69) is 20.8 Å². The Morgan fingerprint density at radius 3 is 3.00 bits per heavy atom. The molecule has 110 valence electrons. The van der Waals surface area contributed by atoms with Gasteiger partial charge >= 0.3 is 0 Å². The van der Waals surface area contributed by atoms with Crippen LogP contribution in [0.25, 0.3) is 0 Å². The number of hydrogen-bond acceptors (Lipinski definition) is 3. The highest BCUT2D eigenvalue weighted by Crippen LogP contribution is 2.31. The molecule has 1 aromatic rings. The summed E-state index contributed by atoms with van der Waals surface area (Å²) in [5, 5.41) is 0.